The van der Waals surface area contributed by atoms with E-state index in [2.05, 4.69) is 25.6 Å². The summed E-state index contributed by atoms with van der Waals surface area (Å²) in [5, 5.41) is 15.3. The highest BCUT2D eigenvalue weighted by molar-refractivity contribution is 6.02. The molecule has 1 N–H and O–H groups in total. The number of hydrazine groups is 1. The quantitative estimate of drug-likeness (QED) is 0.849. The number of nitrogens with one attached hydrogen (secondary N) is 1. The van der Waals surface area contributed by atoms with E-state index >= 15 is 0 Å². The molecule has 4 rings (SSSR count). The van der Waals surface area contributed by atoms with Crippen LogP contribution in [0.3, 0.4) is 0 Å². The molecule has 2 aliphatic heterocycles. The topological polar surface area (TPSA) is 70.3 Å². The maximum Gasteiger partial charge on any atom is 0.270 e. The number of aryl methyl sites for hydroxylation is 2. The summed E-state index contributed by atoms with van der Waals surface area (Å²) in [4.78, 5) is 2.14. The monoisotopic (exact) mass is 339 g/mol. The van der Waals surface area contributed by atoms with E-state index in [-0.39, 0.29) is 0 Å². The molecule has 1 fully saturated rings. The number of para-hydroxylation sites is 1. The van der Waals surface area contributed by atoms with Gasteiger partial charge in [0.05, 0.1) is 24.6 Å². The summed E-state index contributed by atoms with van der Waals surface area (Å²) in [5.74, 6) is 1.34. The van der Waals surface area contributed by atoms with Crippen LogP contribution in [-0.4, -0.2) is 52.9 Å². The second-order valence-corrected chi connectivity index (χ2v) is 6.04. The zero-order valence-corrected chi connectivity index (χ0v) is 14.4. The summed E-state index contributed by atoms with van der Waals surface area (Å²) in [6.07, 6.45) is 0. The van der Waals surface area contributed by atoms with Crippen LogP contribution in [0.2, 0.25) is 0 Å². The summed E-state index contributed by atoms with van der Waals surface area (Å²) in [6, 6.07) is 12.1. The average molecular weight is 339 g/mol. The number of hydrogen-bond donors (Lipinski definition) is 1. The molecule has 0 amide bonds. The minimum absolute atomic E-state index is 0.619. The van der Waals surface area contributed by atoms with Gasteiger partial charge in [0.15, 0.2) is 0 Å². The normalized spacial score (nSPS) is 17.8. The van der Waals surface area contributed by atoms with E-state index in [1.54, 1.807) is 4.68 Å². The molecule has 2 aliphatic rings. The molecular weight excluding hydrogens is 318 g/mol. The van der Waals surface area contributed by atoms with Crippen LogP contribution in [0.25, 0.3) is 0 Å². The van der Waals surface area contributed by atoms with Crippen molar-refractivity contribution in [3.63, 3.8) is 0 Å². The van der Waals surface area contributed by atoms with Crippen molar-refractivity contribution in [3.8, 4) is 0 Å². The van der Waals surface area contributed by atoms with E-state index in [9.17, 15) is 0 Å². The SMILES string of the molecule is Cc1cc(C)n(C2=NN=C(N3CCOCC3)NN2c2ccccc2)n1. The fourth-order valence-electron chi connectivity index (χ4n) is 2.94. The van der Waals surface area contributed by atoms with Gasteiger partial charge in [0, 0.05) is 18.8 Å². The lowest BCUT2D eigenvalue weighted by Crippen LogP contribution is -2.58. The number of benzene rings is 1. The number of rotatable bonds is 1. The first-order chi connectivity index (χ1) is 12.2. The van der Waals surface area contributed by atoms with Crippen LogP contribution in [0.5, 0.6) is 0 Å². The van der Waals surface area contributed by atoms with Crippen LogP contribution in [0.1, 0.15) is 11.4 Å². The molecule has 0 radical (unpaired) electrons. The Kier molecular flexibility index (Phi) is 4.10. The molecule has 0 spiro atoms. The Morgan fingerprint density at radius 1 is 1.04 bits per heavy atom. The molecule has 25 heavy (non-hydrogen) atoms. The largest absolute Gasteiger partial charge is 0.378 e. The van der Waals surface area contributed by atoms with E-state index in [1.807, 2.05) is 55.3 Å². The van der Waals surface area contributed by atoms with Gasteiger partial charge in [-0.3, -0.25) is 5.43 Å². The molecule has 0 aliphatic carbocycles. The minimum atomic E-state index is 0.619. The second-order valence-electron chi connectivity index (χ2n) is 6.04. The Labute approximate surface area is 146 Å². The third-order valence-electron chi connectivity index (χ3n) is 4.17. The first-order valence-electron chi connectivity index (χ1n) is 8.36. The van der Waals surface area contributed by atoms with Gasteiger partial charge in [-0.1, -0.05) is 18.2 Å². The van der Waals surface area contributed by atoms with Crippen molar-refractivity contribution in [2.45, 2.75) is 13.8 Å². The van der Waals surface area contributed by atoms with Crippen LogP contribution >= 0.6 is 0 Å². The Balaban J connectivity index is 1.73. The predicted octanol–water partition coefficient (Wildman–Crippen LogP) is 1.33. The van der Waals surface area contributed by atoms with Crippen LogP contribution < -0.4 is 10.4 Å². The smallest absolute Gasteiger partial charge is 0.270 e. The van der Waals surface area contributed by atoms with Crippen LogP contribution in [0, 0.1) is 13.8 Å². The number of anilines is 1. The van der Waals surface area contributed by atoms with Crippen LogP contribution in [0.15, 0.2) is 46.6 Å². The van der Waals surface area contributed by atoms with E-state index in [1.165, 1.54) is 0 Å². The van der Waals surface area contributed by atoms with Crippen molar-refractivity contribution >= 4 is 17.6 Å². The van der Waals surface area contributed by atoms with Crippen molar-refractivity contribution in [2.24, 2.45) is 10.2 Å². The Morgan fingerprint density at radius 2 is 1.80 bits per heavy atom. The molecule has 0 bridgehead atoms. The summed E-state index contributed by atoms with van der Waals surface area (Å²) < 4.78 is 7.22. The highest BCUT2D eigenvalue weighted by Crippen LogP contribution is 2.17. The van der Waals surface area contributed by atoms with Gasteiger partial charge in [-0.05, 0) is 32.0 Å². The lowest BCUT2D eigenvalue weighted by Gasteiger charge is -2.35. The number of guanidine groups is 1. The van der Waals surface area contributed by atoms with Gasteiger partial charge in [0.25, 0.3) is 5.96 Å². The molecule has 0 saturated carbocycles. The first kappa shape index (κ1) is 15.6. The molecule has 8 heteroatoms. The summed E-state index contributed by atoms with van der Waals surface area (Å²) in [7, 11) is 0. The van der Waals surface area contributed by atoms with Gasteiger partial charge in [0.2, 0.25) is 5.96 Å². The number of hydrogen-bond acceptors (Lipinski definition) is 7. The van der Waals surface area contributed by atoms with Crippen molar-refractivity contribution < 1.29 is 4.74 Å². The third-order valence-corrected chi connectivity index (χ3v) is 4.17. The Bertz CT molecular complexity index is 806. The van der Waals surface area contributed by atoms with E-state index in [0.717, 1.165) is 36.1 Å². The molecule has 1 aromatic heterocycles. The zero-order valence-electron chi connectivity index (χ0n) is 14.4. The van der Waals surface area contributed by atoms with E-state index in [0.29, 0.717) is 19.2 Å². The third kappa shape index (κ3) is 3.08. The zero-order chi connectivity index (χ0) is 17.2. The van der Waals surface area contributed by atoms with E-state index in [4.69, 9.17) is 4.74 Å². The summed E-state index contributed by atoms with van der Waals surface area (Å²) in [5.41, 5.74) is 6.30. The molecule has 130 valence electrons. The molecule has 2 aromatic rings. The molecule has 1 saturated heterocycles. The molecular formula is C17H21N7O. The summed E-state index contributed by atoms with van der Waals surface area (Å²) in [6.45, 7) is 6.95. The second kappa shape index (κ2) is 6.56. The molecule has 8 nitrogen and oxygen atoms in total. The van der Waals surface area contributed by atoms with Gasteiger partial charge in [0.1, 0.15) is 0 Å². The number of ether oxygens (including phenoxy) is 1. The molecule has 0 atom stereocenters. The summed E-state index contributed by atoms with van der Waals surface area (Å²) >= 11 is 0. The van der Waals surface area contributed by atoms with Gasteiger partial charge in [-0.25, -0.2) is 9.69 Å². The van der Waals surface area contributed by atoms with Gasteiger partial charge in [-0.15, -0.1) is 10.2 Å². The van der Waals surface area contributed by atoms with Crippen LogP contribution in [-0.2, 0) is 4.74 Å². The van der Waals surface area contributed by atoms with Crippen molar-refractivity contribution in [1.29, 1.82) is 0 Å². The van der Waals surface area contributed by atoms with Crippen LogP contribution in [0.4, 0.5) is 5.69 Å². The standard InChI is InChI=1S/C17H21N7O/c1-13-12-14(2)23(20-13)17-19-18-16(22-8-10-25-11-9-22)21-24(17)15-6-4-3-5-7-15/h3-7,12H,8-11H2,1-2H3,(H,18,21). The number of nitrogens with zero attached hydrogens (tertiary/aromatic N) is 6. The van der Waals surface area contributed by atoms with Gasteiger partial charge >= 0.3 is 0 Å². The van der Waals surface area contributed by atoms with E-state index < -0.39 is 0 Å². The number of aromatic nitrogens is 2. The maximum absolute atomic E-state index is 5.42. The Morgan fingerprint density at radius 3 is 2.48 bits per heavy atom. The highest BCUT2D eigenvalue weighted by Gasteiger charge is 2.26. The Hall–Kier alpha value is -2.87. The molecule has 3 heterocycles. The van der Waals surface area contributed by atoms with Crippen molar-refractivity contribution in [2.75, 3.05) is 31.3 Å². The van der Waals surface area contributed by atoms with Crippen molar-refractivity contribution in [1.82, 2.24) is 20.1 Å². The predicted molar refractivity (Wildman–Crippen MR) is 96.4 cm³/mol. The van der Waals surface area contributed by atoms with Crippen molar-refractivity contribution in [3.05, 3.63) is 47.8 Å². The van der Waals surface area contributed by atoms with Gasteiger partial charge in [-0.2, -0.15) is 5.10 Å². The number of morpholine rings is 1. The lowest BCUT2D eigenvalue weighted by molar-refractivity contribution is 0.0663. The fraction of sp³-hybridized carbons (Fsp3) is 0.353. The average Bonchev–Trinajstić information content (AvgIpc) is 3.01. The molecule has 0 unspecified atom stereocenters. The highest BCUT2D eigenvalue weighted by atomic mass is 16.5. The van der Waals surface area contributed by atoms with Gasteiger partial charge < -0.3 is 9.64 Å². The fourth-order valence-corrected chi connectivity index (χ4v) is 2.94. The first-order valence-corrected chi connectivity index (χ1v) is 8.36. The minimum Gasteiger partial charge on any atom is -0.378 e. The molecule has 1 aromatic carbocycles. The maximum atomic E-state index is 5.42. The lowest BCUT2D eigenvalue weighted by atomic mass is 10.3.